The topological polar surface area (TPSA) is 103 Å². The maximum absolute atomic E-state index is 13.3. The van der Waals surface area contributed by atoms with Crippen LogP contribution in [0.4, 0.5) is 10.5 Å². The van der Waals surface area contributed by atoms with E-state index in [-0.39, 0.29) is 18.5 Å². The normalized spacial score (nSPS) is 20.9. The van der Waals surface area contributed by atoms with E-state index >= 15 is 0 Å². The molecule has 3 aliphatic heterocycles. The molecule has 2 saturated heterocycles. The summed E-state index contributed by atoms with van der Waals surface area (Å²) in [5.41, 5.74) is 4.31. The molecule has 0 saturated carbocycles. The summed E-state index contributed by atoms with van der Waals surface area (Å²) in [7, 11) is 0. The third-order valence-electron chi connectivity index (χ3n) is 6.50. The predicted octanol–water partition coefficient (Wildman–Crippen LogP) is 3.51. The Labute approximate surface area is 214 Å². The number of aliphatic imine (C=N–C) groups is 1. The molecule has 11 heteroatoms. The average molecular weight is 555 g/mol. The van der Waals surface area contributed by atoms with Gasteiger partial charge in [-0.1, -0.05) is 15.9 Å². The molecule has 0 aliphatic carbocycles. The Balaban J connectivity index is 1.40. The summed E-state index contributed by atoms with van der Waals surface area (Å²) < 4.78 is 6.68. The first-order chi connectivity index (χ1) is 17.1. The van der Waals surface area contributed by atoms with E-state index in [1.54, 1.807) is 11.2 Å². The summed E-state index contributed by atoms with van der Waals surface area (Å²) in [5, 5.41) is 2.92. The van der Waals surface area contributed by atoms with Crippen LogP contribution in [0.25, 0.3) is 11.0 Å². The minimum absolute atomic E-state index is 0.0107. The van der Waals surface area contributed by atoms with E-state index < -0.39 is 6.04 Å². The number of hydrogen-bond acceptors (Lipinski definition) is 6. The molecule has 3 aliphatic rings. The van der Waals surface area contributed by atoms with Crippen LogP contribution in [0, 0.1) is 0 Å². The van der Waals surface area contributed by atoms with E-state index in [1.165, 1.54) is 0 Å². The number of aromatic amines is 1. The molecule has 0 radical (unpaired) electrons. The number of imidazole rings is 1. The molecule has 0 bridgehead atoms. The zero-order valence-electron chi connectivity index (χ0n) is 18.8. The minimum atomic E-state index is -0.545. The molecule has 180 valence electrons. The van der Waals surface area contributed by atoms with Crippen molar-refractivity contribution in [2.75, 3.05) is 42.6 Å². The predicted molar refractivity (Wildman–Crippen MR) is 139 cm³/mol. The van der Waals surface area contributed by atoms with Crippen LogP contribution in [0.3, 0.4) is 0 Å². The highest BCUT2D eigenvalue weighted by Gasteiger charge is 2.40. The van der Waals surface area contributed by atoms with Crippen molar-refractivity contribution in [1.29, 1.82) is 0 Å². The van der Waals surface area contributed by atoms with Gasteiger partial charge in [0.05, 0.1) is 24.0 Å². The number of amides is 3. The lowest BCUT2D eigenvalue weighted by atomic mass is 10.0. The maximum atomic E-state index is 13.3. The smallest absolute Gasteiger partial charge is 0.328 e. The number of hydrogen-bond donors (Lipinski definition) is 2. The van der Waals surface area contributed by atoms with Gasteiger partial charge in [-0.25, -0.2) is 9.78 Å². The van der Waals surface area contributed by atoms with Gasteiger partial charge in [-0.2, -0.15) is 11.8 Å². The lowest BCUT2D eigenvalue weighted by Crippen LogP contribution is -2.39. The van der Waals surface area contributed by atoms with Crippen molar-refractivity contribution in [3.63, 3.8) is 0 Å². The molecule has 1 aromatic heterocycles. The molecule has 4 heterocycles. The highest BCUT2D eigenvalue weighted by atomic mass is 79.9. The Morgan fingerprint density at radius 2 is 2.11 bits per heavy atom. The van der Waals surface area contributed by atoms with E-state index in [4.69, 9.17) is 4.74 Å². The monoisotopic (exact) mass is 554 g/mol. The zero-order valence-corrected chi connectivity index (χ0v) is 21.2. The van der Waals surface area contributed by atoms with Crippen molar-refractivity contribution < 1.29 is 14.3 Å². The molecule has 9 nitrogen and oxygen atoms in total. The second-order valence-electron chi connectivity index (χ2n) is 8.58. The summed E-state index contributed by atoms with van der Waals surface area (Å²) in [6.07, 6.45) is 2.47. The third kappa shape index (κ3) is 4.16. The Morgan fingerprint density at radius 3 is 2.97 bits per heavy atom. The van der Waals surface area contributed by atoms with Crippen molar-refractivity contribution in [2.45, 2.75) is 12.5 Å². The van der Waals surface area contributed by atoms with Gasteiger partial charge in [0.25, 0.3) is 0 Å². The second-order valence-corrected chi connectivity index (χ2v) is 10.7. The first-order valence-corrected chi connectivity index (χ1v) is 13.4. The van der Waals surface area contributed by atoms with Crippen molar-refractivity contribution >= 4 is 62.2 Å². The molecule has 6 rings (SSSR count). The van der Waals surface area contributed by atoms with Gasteiger partial charge >= 0.3 is 6.03 Å². The van der Waals surface area contributed by atoms with Gasteiger partial charge in [0.2, 0.25) is 5.91 Å². The Hall–Kier alpha value is -3.05. The van der Waals surface area contributed by atoms with E-state index in [2.05, 4.69) is 36.2 Å². The third-order valence-corrected chi connectivity index (χ3v) is 8.13. The Bertz CT molecular complexity index is 1350. The maximum Gasteiger partial charge on any atom is 0.328 e. The van der Waals surface area contributed by atoms with E-state index in [0.717, 1.165) is 63.4 Å². The highest BCUT2D eigenvalue weighted by molar-refractivity contribution is 9.10. The number of aromatic nitrogens is 2. The zero-order chi connectivity index (χ0) is 23.9. The van der Waals surface area contributed by atoms with Crippen LogP contribution in [0.2, 0.25) is 0 Å². The van der Waals surface area contributed by atoms with Gasteiger partial charge in [-0.05, 0) is 35.9 Å². The fourth-order valence-electron chi connectivity index (χ4n) is 4.72. The largest absolute Gasteiger partial charge is 0.493 e. The lowest BCUT2D eigenvalue weighted by Gasteiger charge is -2.26. The van der Waals surface area contributed by atoms with E-state index in [9.17, 15) is 9.59 Å². The number of halogens is 1. The van der Waals surface area contributed by atoms with Crippen molar-refractivity contribution in [1.82, 2.24) is 20.2 Å². The van der Waals surface area contributed by atoms with Crippen LogP contribution in [0.15, 0.2) is 46.1 Å². The Morgan fingerprint density at radius 1 is 1.26 bits per heavy atom. The van der Waals surface area contributed by atoms with Crippen LogP contribution < -0.4 is 15.0 Å². The number of carbonyl (C=O) groups is 2. The number of ether oxygens (including phenoxy) is 1. The van der Waals surface area contributed by atoms with Gasteiger partial charge in [0.1, 0.15) is 24.2 Å². The number of urea groups is 1. The molecule has 2 aromatic carbocycles. The summed E-state index contributed by atoms with van der Waals surface area (Å²) >= 11 is 5.56. The molecule has 3 amide bonds. The number of fused-ring (bicyclic) bond motifs is 2. The minimum Gasteiger partial charge on any atom is -0.493 e. The van der Waals surface area contributed by atoms with Crippen molar-refractivity contribution in [2.24, 2.45) is 4.99 Å². The standard InChI is InChI=1S/C24H23BrN6O3S/c25-17-9-14-3-6-34-20(14)11-16(17)22-23(26-12-21(32)30-4-7-35-8-5-30)29-24(33)31(22)15-1-2-18-19(10-15)28-13-27-18/h1-2,9-11,13,22H,3-8,12H2,(H,27,28)(H,26,29,33). The first kappa shape index (κ1) is 22.4. The number of H-pyrrole nitrogens is 1. The molecule has 2 N–H and O–H groups in total. The highest BCUT2D eigenvalue weighted by Crippen LogP contribution is 2.40. The fraction of sp³-hybridized carbons (Fsp3) is 0.333. The number of rotatable bonds is 4. The molecule has 2 fully saturated rings. The van der Waals surface area contributed by atoms with Gasteiger partial charge in [0, 0.05) is 46.7 Å². The number of anilines is 1. The number of carbonyl (C=O) groups excluding carboxylic acids is 2. The second kappa shape index (κ2) is 9.19. The number of nitrogens with zero attached hydrogens (tertiary/aromatic N) is 4. The number of benzene rings is 2. The average Bonchev–Trinajstić information content (AvgIpc) is 3.60. The lowest BCUT2D eigenvalue weighted by molar-refractivity contribution is -0.129. The van der Waals surface area contributed by atoms with Gasteiger partial charge in [0.15, 0.2) is 0 Å². The molecule has 3 aromatic rings. The SMILES string of the molecule is O=C(C/N=C1/NC(=O)N(c2ccc3nc[nH]c3c2)C1c1cc2c(cc1Br)CCO2)N1CCSCC1. The van der Waals surface area contributed by atoms with Crippen LogP contribution >= 0.6 is 27.7 Å². The molecular formula is C24H23BrN6O3S. The molecule has 1 unspecified atom stereocenters. The number of thioether (sulfide) groups is 1. The van der Waals surface area contributed by atoms with Crippen LogP contribution in [0.5, 0.6) is 5.75 Å². The first-order valence-electron chi connectivity index (χ1n) is 11.5. The Kier molecular flexibility index (Phi) is 5.89. The van der Waals surface area contributed by atoms with Gasteiger partial charge < -0.3 is 14.6 Å². The number of amidine groups is 1. The van der Waals surface area contributed by atoms with Crippen molar-refractivity contribution in [3.05, 3.63) is 52.3 Å². The summed E-state index contributed by atoms with van der Waals surface area (Å²) in [5.74, 6) is 3.10. The molecule has 35 heavy (non-hydrogen) atoms. The van der Waals surface area contributed by atoms with Gasteiger partial charge in [-0.15, -0.1) is 0 Å². The summed E-state index contributed by atoms with van der Waals surface area (Å²) in [6.45, 7) is 2.09. The fourth-order valence-corrected chi connectivity index (χ4v) is 6.23. The van der Waals surface area contributed by atoms with Crippen LogP contribution in [-0.2, 0) is 11.2 Å². The number of nitrogens with one attached hydrogen (secondary N) is 2. The quantitative estimate of drug-likeness (QED) is 0.513. The van der Waals surface area contributed by atoms with Gasteiger partial charge in [-0.3, -0.25) is 20.0 Å². The van der Waals surface area contributed by atoms with Crippen LogP contribution in [0.1, 0.15) is 17.2 Å². The molecule has 1 atom stereocenters. The molecular weight excluding hydrogens is 532 g/mol. The summed E-state index contributed by atoms with van der Waals surface area (Å²) in [6, 6.07) is 8.81. The molecule has 0 spiro atoms. The summed E-state index contributed by atoms with van der Waals surface area (Å²) in [4.78, 5) is 41.6. The van der Waals surface area contributed by atoms with Crippen molar-refractivity contribution in [3.8, 4) is 5.75 Å². The van der Waals surface area contributed by atoms with Crippen LogP contribution in [-0.4, -0.2) is 70.4 Å². The van der Waals surface area contributed by atoms with E-state index in [0.29, 0.717) is 18.1 Å². The van der Waals surface area contributed by atoms with E-state index in [1.807, 2.05) is 47.0 Å².